The Labute approximate surface area is 81.3 Å². The zero-order chi connectivity index (χ0) is 9.68. The fraction of sp³-hybridized carbons (Fsp3) is 0.222. The van der Waals surface area contributed by atoms with Crippen LogP contribution in [0.3, 0.4) is 0 Å². The molecule has 1 amide bonds. The van der Waals surface area contributed by atoms with E-state index in [-0.39, 0.29) is 5.75 Å². The molecule has 1 aromatic rings. The Kier molecular flexibility index (Phi) is 3.64. The molecule has 0 atom stereocenters. The Morgan fingerprint density at radius 3 is 2.54 bits per heavy atom. The number of carbonyl (C=O) groups excluding carboxylic acids is 1. The first kappa shape index (κ1) is 9.92. The van der Waals surface area contributed by atoms with E-state index in [1.165, 1.54) is 11.8 Å². The van der Waals surface area contributed by atoms with Crippen molar-refractivity contribution in [2.75, 3.05) is 12.9 Å². The summed E-state index contributed by atoms with van der Waals surface area (Å²) in [6.45, 7) is 0. The second-order valence-electron chi connectivity index (χ2n) is 2.39. The monoisotopic (exact) mass is 196 g/mol. The van der Waals surface area contributed by atoms with Crippen LogP contribution in [0.4, 0.5) is 0 Å². The highest BCUT2D eigenvalue weighted by atomic mass is 32.2. The van der Waals surface area contributed by atoms with E-state index in [9.17, 15) is 4.79 Å². The predicted octanol–water partition coefficient (Wildman–Crippen LogP) is 1.60. The van der Waals surface area contributed by atoms with Crippen molar-refractivity contribution >= 4 is 17.7 Å². The zero-order valence-corrected chi connectivity index (χ0v) is 8.06. The Bertz CT molecular complexity index is 284. The van der Waals surface area contributed by atoms with Crippen molar-refractivity contribution < 1.29 is 9.53 Å². The van der Waals surface area contributed by atoms with Gasteiger partial charge in [0.1, 0.15) is 5.75 Å². The maximum Gasteiger partial charge on any atom is 0.248 e. The molecular formula is C9H10NO2S. The number of rotatable bonds is 4. The molecule has 1 rings (SSSR count). The lowest BCUT2D eigenvalue weighted by Crippen LogP contribution is -2.00. The van der Waals surface area contributed by atoms with E-state index in [2.05, 4.69) is 0 Å². The molecule has 1 radical (unpaired) electrons. The lowest BCUT2D eigenvalue weighted by Gasteiger charge is -2.00. The van der Waals surface area contributed by atoms with E-state index in [4.69, 9.17) is 10.5 Å². The fourth-order valence-electron chi connectivity index (χ4n) is 0.821. The molecule has 0 fully saturated rings. The molecule has 1 aromatic carbocycles. The summed E-state index contributed by atoms with van der Waals surface area (Å²) in [5, 5.41) is 0. The Hall–Kier alpha value is -1.16. The van der Waals surface area contributed by atoms with Gasteiger partial charge >= 0.3 is 0 Å². The number of benzene rings is 1. The molecular weight excluding hydrogens is 186 g/mol. The molecule has 0 spiro atoms. The van der Waals surface area contributed by atoms with Crippen LogP contribution in [0.25, 0.3) is 0 Å². The molecule has 1 N–H and O–H groups in total. The van der Waals surface area contributed by atoms with Crippen molar-refractivity contribution in [1.29, 1.82) is 0 Å². The number of ether oxygens (including phenoxy) is 1. The summed E-state index contributed by atoms with van der Waals surface area (Å²) in [7, 11) is 1.61. The van der Waals surface area contributed by atoms with Crippen LogP contribution in [0.5, 0.6) is 5.75 Å². The third kappa shape index (κ3) is 3.38. The molecule has 0 saturated carbocycles. The van der Waals surface area contributed by atoms with E-state index >= 15 is 0 Å². The van der Waals surface area contributed by atoms with Gasteiger partial charge in [0.2, 0.25) is 5.91 Å². The standard InChI is InChI=1S/C9H10NO2S/c1-12-7-2-4-8(5-3-7)13-6-9(10)11/h2-5,10H,6H2,1H3. The van der Waals surface area contributed by atoms with Gasteiger partial charge in [0.25, 0.3) is 0 Å². The molecule has 0 bridgehead atoms. The van der Waals surface area contributed by atoms with Crippen molar-refractivity contribution in [1.82, 2.24) is 5.73 Å². The van der Waals surface area contributed by atoms with Crippen LogP contribution >= 0.6 is 11.8 Å². The van der Waals surface area contributed by atoms with Gasteiger partial charge in [-0.1, -0.05) is 0 Å². The van der Waals surface area contributed by atoms with Gasteiger partial charge in [0, 0.05) is 4.90 Å². The first-order valence-electron chi connectivity index (χ1n) is 3.73. The molecule has 0 heterocycles. The molecule has 69 valence electrons. The summed E-state index contributed by atoms with van der Waals surface area (Å²) in [4.78, 5) is 11.3. The molecule has 0 aliphatic carbocycles. The SMILES string of the molecule is COc1ccc(SCC([NH])=O)cc1. The predicted molar refractivity (Wildman–Crippen MR) is 51.8 cm³/mol. The van der Waals surface area contributed by atoms with Gasteiger partial charge in [-0.3, -0.25) is 10.5 Å². The Morgan fingerprint density at radius 1 is 1.46 bits per heavy atom. The maximum atomic E-state index is 10.4. The van der Waals surface area contributed by atoms with Crippen LogP contribution < -0.4 is 10.5 Å². The van der Waals surface area contributed by atoms with Crippen LogP contribution in [-0.4, -0.2) is 18.8 Å². The van der Waals surface area contributed by atoms with Gasteiger partial charge < -0.3 is 4.74 Å². The van der Waals surface area contributed by atoms with E-state index in [0.29, 0.717) is 0 Å². The minimum absolute atomic E-state index is 0.201. The second kappa shape index (κ2) is 4.77. The highest BCUT2D eigenvalue weighted by Crippen LogP contribution is 2.20. The normalized spacial score (nSPS) is 9.62. The van der Waals surface area contributed by atoms with Crippen molar-refractivity contribution in [3.63, 3.8) is 0 Å². The van der Waals surface area contributed by atoms with Crippen molar-refractivity contribution in [3.05, 3.63) is 24.3 Å². The number of thioether (sulfide) groups is 1. The minimum Gasteiger partial charge on any atom is -0.497 e. The molecule has 3 nitrogen and oxygen atoms in total. The van der Waals surface area contributed by atoms with Crippen molar-refractivity contribution in [2.45, 2.75) is 4.90 Å². The van der Waals surface area contributed by atoms with Gasteiger partial charge in [0.15, 0.2) is 0 Å². The number of methoxy groups -OCH3 is 1. The first-order chi connectivity index (χ1) is 6.22. The highest BCUT2D eigenvalue weighted by molar-refractivity contribution is 8.00. The highest BCUT2D eigenvalue weighted by Gasteiger charge is 1.98. The molecule has 13 heavy (non-hydrogen) atoms. The number of carbonyl (C=O) groups is 1. The van der Waals surface area contributed by atoms with Crippen LogP contribution in [0.1, 0.15) is 0 Å². The number of hydrogen-bond donors (Lipinski definition) is 0. The maximum absolute atomic E-state index is 10.4. The van der Waals surface area contributed by atoms with E-state index in [1.54, 1.807) is 7.11 Å². The second-order valence-corrected chi connectivity index (χ2v) is 3.44. The van der Waals surface area contributed by atoms with E-state index in [0.717, 1.165) is 10.6 Å². The average molecular weight is 196 g/mol. The van der Waals surface area contributed by atoms with Gasteiger partial charge in [-0.2, -0.15) is 0 Å². The summed E-state index contributed by atoms with van der Waals surface area (Å²) in [6.07, 6.45) is 0. The van der Waals surface area contributed by atoms with Crippen molar-refractivity contribution in [2.24, 2.45) is 0 Å². The minimum atomic E-state index is -0.555. The van der Waals surface area contributed by atoms with Crippen LogP contribution in [0.15, 0.2) is 29.2 Å². The third-order valence-corrected chi connectivity index (χ3v) is 2.44. The summed E-state index contributed by atoms with van der Waals surface area (Å²) in [5.41, 5.74) is 6.72. The Balaban J connectivity index is 2.54. The number of amides is 1. The first-order valence-corrected chi connectivity index (χ1v) is 4.72. The lowest BCUT2D eigenvalue weighted by atomic mass is 10.3. The molecule has 4 heteroatoms. The zero-order valence-electron chi connectivity index (χ0n) is 7.24. The topological polar surface area (TPSA) is 50.1 Å². The van der Waals surface area contributed by atoms with Crippen molar-refractivity contribution in [3.8, 4) is 5.75 Å². The van der Waals surface area contributed by atoms with E-state index < -0.39 is 5.91 Å². The molecule has 0 saturated heterocycles. The van der Waals surface area contributed by atoms with Crippen LogP contribution in [0.2, 0.25) is 0 Å². The van der Waals surface area contributed by atoms with E-state index in [1.807, 2.05) is 24.3 Å². The largest absolute Gasteiger partial charge is 0.497 e. The summed E-state index contributed by atoms with van der Waals surface area (Å²) in [5.74, 6) is 0.439. The van der Waals surface area contributed by atoms with Gasteiger partial charge in [-0.05, 0) is 24.3 Å². The molecule has 0 unspecified atom stereocenters. The molecule has 0 aliphatic rings. The van der Waals surface area contributed by atoms with Gasteiger partial charge in [-0.25, -0.2) is 0 Å². The average Bonchev–Trinajstić information content (AvgIpc) is 2.15. The van der Waals surface area contributed by atoms with Crippen LogP contribution in [-0.2, 0) is 4.79 Å². The lowest BCUT2D eigenvalue weighted by molar-refractivity contribution is -0.116. The van der Waals surface area contributed by atoms with Gasteiger partial charge in [-0.15, -0.1) is 11.8 Å². The fourth-order valence-corrected chi connectivity index (χ4v) is 1.45. The Morgan fingerprint density at radius 2 is 2.08 bits per heavy atom. The molecule has 0 aliphatic heterocycles. The van der Waals surface area contributed by atoms with Crippen LogP contribution in [0, 0.1) is 0 Å². The summed E-state index contributed by atoms with van der Waals surface area (Å²) in [6, 6.07) is 7.40. The van der Waals surface area contributed by atoms with Gasteiger partial charge in [0.05, 0.1) is 12.9 Å². The summed E-state index contributed by atoms with van der Waals surface area (Å²) >= 11 is 1.36. The third-order valence-electron chi connectivity index (χ3n) is 1.43. The summed E-state index contributed by atoms with van der Waals surface area (Å²) < 4.78 is 4.98. The quantitative estimate of drug-likeness (QED) is 0.687. The number of hydrogen-bond acceptors (Lipinski definition) is 3. The number of nitrogens with one attached hydrogen (secondary N) is 1. The smallest absolute Gasteiger partial charge is 0.248 e. The molecule has 0 aromatic heterocycles.